The van der Waals surface area contributed by atoms with Gasteiger partial charge < -0.3 is 0 Å². The summed E-state index contributed by atoms with van der Waals surface area (Å²) < 4.78 is 0. The van der Waals surface area contributed by atoms with Gasteiger partial charge in [-0.2, -0.15) is 0 Å². The van der Waals surface area contributed by atoms with Gasteiger partial charge in [-0.3, -0.25) is 0 Å². The predicted molar refractivity (Wildman–Crippen MR) is 56.2 cm³/mol. The fourth-order valence-corrected chi connectivity index (χ4v) is 1.46. The molecule has 4 N–H and O–H groups in total. The van der Waals surface area contributed by atoms with E-state index in [1.807, 2.05) is 13.0 Å². The molecule has 0 aliphatic heterocycles. The summed E-state index contributed by atoms with van der Waals surface area (Å²) in [6, 6.07) is 2.01. The van der Waals surface area contributed by atoms with E-state index in [0.717, 1.165) is 11.3 Å². The average Bonchev–Trinajstić information content (AvgIpc) is 2.07. The second-order valence-corrected chi connectivity index (χ2v) is 3.49. The maximum Gasteiger partial charge on any atom is 0.0731 e. The molecule has 0 atom stereocenters. The minimum Gasteiger partial charge on any atom is -0.247 e. The van der Waals surface area contributed by atoms with Gasteiger partial charge in [-0.1, -0.05) is 0 Å². The number of hydrazine groups is 2. The number of aryl methyl sites for hydroxylation is 1. The van der Waals surface area contributed by atoms with Gasteiger partial charge >= 0.3 is 0 Å². The summed E-state index contributed by atoms with van der Waals surface area (Å²) in [6.45, 7) is 8.29. The maximum atomic E-state index is 5.51. The third-order valence-electron chi connectivity index (χ3n) is 2.73. The first-order chi connectivity index (χ1) is 5.95. The van der Waals surface area contributed by atoms with Gasteiger partial charge in [-0.05, 0) is 56.0 Å². The molecule has 0 spiro atoms. The molecule has 0 radical (unpaired) electrons. The SMILES string of the molecule is Cc1cc(N(N)N)c(C)c(C)c1C. The number of benzene rings is 1. The highest BCUT2D eigenvalue weighted by molar-refractivity contribution is 5.58. The van der Waals surface area contributed by atoms with Crippen LogP contribution in [0.1, 0.15) is 22.3 Å². The second kappa shape index (κ2) is 3.36. The molecule has 0 aromatic heterocycles. The Morgan fingerprint density at radius 3 is 1.92 bits per heavy atom. The second-order valence-electron chi connectivity index (χ2n) is 3.49. The van der Waals surface area contributed by atoms with Gasteiger partial charge in [0.15, 0.2) is 0 Å². The first kappa shape index (κ1) is 10.0. The van der Waals surface area contributed by atoms with Crippen molar-refractivity contribution in [1.29, 1.82) is 0 Å². The molecule has 3 nitrogen and oxygen atoms in total. The standard InChI is InChI=1S/C10H17N3/c1-6-5-10(13(11)12)9(4)8(3)7(6)2/h5H,11-12H2,1-4H3. The van der Waals surface area contributed by atoms with Gasteiger partial charge in [0, 0.05) is 0 Å². The van der Waals surface area contributed by atoms with Crippen LogP contribution in [0.15, 0.2) is 6.07 Å². The molecule has 1 aromatic rings. The Kier molecular flexibility index (Phi) is 2.59. The van der Waals surface area contributed by atoms with E-state index in [1.54, 1.807) is 0 Å². The topological polar surface area (TPSA) is 55.3 Å². The molecule has 1 rings (SSSR count). The zero-order chi connectivity index (χ0) is 10.2. The van der Waals surface area contributed by atoms with Crippen LogP contribution in [0.3, 0.4) is 0 Å². The number of rotatable bonds is 1. The van der Waals surface area contributed by atoms with Crippen molar-refractivity contribution in [2.24, 2.45) is 11.7 Å². The van der Waals surface area contributed by atoms with Gasteiger partial charge in [0.05, 0.1) is 5.69 Å². The minimum atomic E-state index is 0.889. The molecule has 0 aliphatic rings. The van der Waals surface area contributed by atoms with Crippen molar-refractivity contribution in [2.45, 2.75) is 27.7 Å². The van der Waals surface area contributed by atoms with Crippen LogP contribution < -0.4 is 16.8 Å². The summed E-state index contributed by atoms with van der Waals surface area (Å²) in [7, 11) is 0. The van der Waals surface area contributed by atoms with Gasteiger partial charge in [0.25, 0.3) is 0 Å². The van der Waals surface area contributed by atoms with E-state index in [-0.39, 0.29) is 0 Å². The first-order valence-corrected chi connectivity index (χ1v) is 4.32. The summed E-state index contributed by atoms with van der Waals surface area (Å²) in [5, 5.41) is 1.18. The average molecular weight is 179 g/mol. The van der Waals surface area contributed by atoms with Crippen molar-refractivity contribution in [3.63, 3.8) is 0 Å². The van der Waals surface area contributed by atoms with E-state index in [1.165, 1.54) is 21.8 Å². The third-order valence-corrected chi connectivity index (χ3v) is 2.73. The van der Waals surface area contributed by atoms with Crippen LogP contribution in [0.4, 0.5) is 5.69 Å². The quantitative estimate of drug-likeness (QED) is 0.507. The summed E-state index contributed by atoms with van der Waals surface area (Å²) in [5.74, 6) is 11.0. The van der Waals surface area contributed by atoms with Crippen LogP contribution >= 0.6 is 0 Å². The third kappa shape index (κ3) is 1.66. The monoisotopic (exact) mass is 179 g/mol. The molecular weight excluding hydrogens is 162 g/mol. The molecule has 0 heterocycles. The molecule has 72 valence electrons. The van der Waals surface area contributed by atoms with Crippen molar-refractivity contribution in [2.75, 3.05) is 5.12 Å². The lowest BCUT2D eigenvalue weighted by molar-refractivity contribution is 0.912. The molecule has 1 aromatic carbocycles. The lowest BCUT2D eigenvalue weighted by atomic mass is 9.98. The van der Waals surface area contributed by atoms with Crippen LogP contribution in [0, 0.1) is 27.7 Å². The summed E-state index contributed by atoms with van der Waals surface area (Å²) in [5.41, 5.74) is 5.83. The van der Waals surface area contributed by atoms with E-state index in [4.69, 9.17) is 11.7 Å². The molecule has 0 saturated heterocycles. The fourth-order valence-electron chi connectivity index (χ4n) is 1.46. The summed E-state index contributed by atoms with van der Waals surface area (Å²) in [6.07, 6.45) is 0. The molecule has 3 heteroatoms. The van der Waals surface area contributed by atoms with Crippen LogP contribution in [0.5, 0.6) is 0 Å². The highest BCUT2D eigenvalue weighted by atomic mass is 15.6. The van der Waals surface area contributed by atoms with E-state index in [0.29, 0.717) is 0 Å². The highest BCUT2D eigenvalue weighted by Gasteiger charge is 2.08. The van der Waals surface area contributed by atoms with E-state index >= 15 is 0 Å². The molecule has 0 fully saturated rings. The molecule has 0 bridgehead atoms. The largest absolute Gasteiger partial charge is 0.247 e. The predicted octanol–water partition coefficient (Wildman–Crippen LogP) is 1.47. The van der Waals surface area contributed by atoms with Crippen LogP contribution in [-0.2, 0) is 0 Å². The number of hydrogen-bond acceptors (Lipinski definition) is 3. The molecular formula is C10H17N3. The Labute approximate surface area is 79.3 Å². The van der Waals surface area contributed by atoms with Crippen molar-refractivity contribution in [3.8, 4) is 0 Å². The van der Waals surface area contributed by atoms with Gasteiger partial charge in [-0.25, -0.2) is 16.8 Å². The minimum absolute atomic E-state index is 0.889. The van der Waals surface area contributed by atoms with Crippen molar-refractivity contribution >= 4 is 5.69 Å². The van der Waals surface area contributed by atoms with E-state index < -0.39 is 0 Å². The molecule has 0 amide bonds. The summed E-state index contributed by atoms with van der Waals surface area (Å²) in [4.78, 5) is 0. The number of hydrogen-bond donors (Lipinski definition) is 2. The fraction of sp³-hybridized carbons (Fsp3) is 0.400. The summed E-state index contributed by atoms with van der Waals surface area (Å²) >= 11 is 0. The number of anilines is 1. The normalized spacial score (nSPS) is 10.3. The molecule has 13 heavy (non-hydrogen) atoms. The Balaban J connectivity index is 3.41. The number of nitrogens with zero attached hydrogens (tertiary/aromatic N) is 1. The Morgan fingerprint density at radius 1 is 0.923 bits per heavy atom. The Morgan fingerprint density at radius 2 is 1.46 bits per heavy atom. The molecule has 0 aliphatic carbocycles. The molecule has 0 unspecified atom stereocenters. The van der Waals surface area contributed by atoms with E-state index in [2.05, 4.69) is 20.8 Å². The van der Waals surface area contributed by atoms with E-state index in [9.17, 15) is 0 Å². The van der Waals surface area contributed by atoms with Crippen molar-refractivity contribution in [3.05, 3.63) is 28.3 Å². The van der Waals surface area contributed by atoms with Gasteiger partial charge in [-0.15, -0.1) is 0 Å². The number of nitrogens with two attached hydrogens (primary N) is 2. The first-order valence-electron chi connectivity index (χ1n) is 4.32. The Hall–Kier alpha value is -1.06. The van der Waals surface area contributed by atoms with Crippen LogP contribution in [0.2, 0.25) is 0 Å². The van der Waals surface area contributed by atoms with Crippen LogP contribution in [-0.4, -0.2) is 0 Å². The van der Waals surface area contributed by atoms with Crippen LogP contribution in [0.25, 0.3) is 0 Å². The van der Waals surface area contributed by atoms with Gasteiger partial charge in [0.1, 0.15) is 0 Å². The zero-order valence-corrected chi connectivity index (χ0v) is 8.68. The Bertz CT molecular complexity index is 329. The zero-order valence-electron chi connectivity index (χ0n) is 8.68. The smallest absolute Gasteiger partial charge is 0.0731 e. The van der Waals surface area contributed by atoms with Gasteiger partial charge in [0.2, 0.25) is 0 Å². The lowest BCUT2D eigenvalue weighted by Crippen LogP contribution is -2.38. The maximum absolute atomic E-state index is 5.51. The molecule has 0 saturated carbocycles. The lowest BCUT2D eigenvalue weighted by Gasteiger charge is -2.19. The van der Waals surface area contributed by atoms with Crippen molar-refractivity contribution in [1.82, 2.24) is 0 Å². The van der Waals surface area contributed by atoms with Crippen molar-refractivity contribution < 1.29 is 0 Å². The highest BCUT2D eigenvalue weighted by Crippen LogP contribution is 2.25.